The van der Waals surface area contributed by atoms with E-state index in [2.05, 4.69) is 5.32 Å². The van der Waals surface area contributed by atoms with Gasteiger partial charge in [-0.25, -0.2) is 0 Å². The number of nitrogens with zero attached hydrogens (tertiary/aromatic N) is 2. The minimum Gasteiger partial charge on any atom is -0.351 e. The van der Waals surface area contributed by atoms with Crippen molar-refractivity contribution in [1.29, 1.82) is 0 Å². The summed E-state index contributed by atoms with van der Waals surface area (Å²) in [6, 6.07) is 5.60. The normalized spacial score (nSPS) is 18.2. The van der Waals surface area contributed by atoms with Gasteiger partial charge in [0.2, 0.25) is 11.8 Å². The van der Waals surface area contributed by atoms with Gasteiger partial charge in [0.25, 0.3) is 11.8 Å². The lowest BCUT2D eigenvalue weighted by Crippen LogP contribution is -2.53. The third kappa shape index (κ3) is 4.04. The van der Waals surface area contributed by atoms with Crippen LogP contribution in [-0.4, -0.2) is 64.5 Å². The highest BCUT2D eigenvalue weighted by Crippen LogP contribution is 2.24. The van der Waals surface area contributed by atoms with Crippen LogP contribution in [-0.2, 0) is 9.59 Å². The molecule has 1 N–H and O–H groups in total. The van der Waals surface area contributed by atoms with E-state index in [1.807, 2.05) is 0 Å². The average Bonchev–Trinajstić information content (AvgIpc) is 2.96. The summed E-state index contributed by atoms with van der Waals surface area (Å²) in [6.45, 7) is 2.71. The standard InChI is InChI=1S/C20H24ClN3O4/c1-13(24-19(27)15-5-2-3-6-16(15)20(24)28)18(26)22-14-8-11-23(12-9-14)17(25)7-4-10-21/h2-3,5-6,13-14H,4,7-12H2,1H3,(H,22,26). The summed E-state index contributed by atoms with van der Waals surface area (Å²) < 4.78 is 0. The fourth-order valence-electron chi connectivity index (χ4n) is 3.65. The van der Waals surface area contributed by atoms with Crippen molar-refractivity contribution in [3.8, 4) is 0 Å². The molecule has 7 nitrogen and oxygen atoms in total. The van der Waals surface area contributed by atoms with Crippen LogP contribution in [0, 0.1) is 0 Å². The maximum atomic E-state index is 12.6. The van der Waals surface area contributed by atoms with Crippen LogP contribution in [0.2, 0.25) is 0 Å². The zero-order chi connectivity index (χ0) is 20.3. The second-order valence-electron chi connectivity index (χ2n) is 7.16. The summed E-state index contributed by atoms with van der Waals surface area (Å²) in [7, 11) is 0. The lowest BCUT2D eigenvalue weighted by atomic mass is 10.0. The fourth-order valence-corrected chi connectivity index (χ4v) is 3.78. The molecule has 2 aliphatic rings. The third-order valence-corrected chi connectivity index (χ3v) is 5.58. The molecule has 1 saturated heterocycles. The zero-order valence-electron chi connectivity index (χ0n) is 15.8. The number of halogens is 1. The van der Waals surface area contributed by atoms with Crippen LogP contribution in [0.3, 0.4) is 0 Å². The number of rotatable bonds is 6. The second kappa shape index (κ2) is 8.73. The Morgan fingerprint density at radius 1 is 1.14 bits per heavy atom. The molecule has 3 rings (SSSR count). The SMILES string of the molecule is CC(C(=O)NC1CCN(C(=O)CCCCl)CC1)N1C(=O)c2ccccc2C1=O. The molecule has 1 unspecified atom stereocenters. The predicted molar refractivity (Wildman–Crippen MR) is 104 cm³/mol. The second-order valence-corrected chi connectivity index (χ2v) is 7.54. The Bertz CT molecular complexity index is 754. The number of imide groups is 1. The van der Waals surface area contributed by atoms with Crippen LogP contribution in [0.1, 0.15) is 53.3 Å². The van der Waals surface area contributed by atoms with Gasteiger partial charge in [-0.3, -0.25) is 24.1 Å². The average molecular weight is 406 g/mol. The molecule has 0 spiro atoms. The monoisotopic (exact) mass is 405 g/mol. The summed E-state index contributed by atoms with van der Waals surface area (Å²) in [4.78, 5) is 52.5. The molecule has 0 radical (unpaired) electrons. The van der Waals surface area contributed by atoms with E-state index in [1.54, 1.807) is 36.1 Å². The molecular weight excluding hydrogens is 382 g/mol. The largest absolute Gasteiger partial charge is 0.351 e. The summed E-state index contributed by atoms with van der Waals surface area (Å²) in [5.41, 5.74) is 0.659. The van der Waals surface area contributed by atoms with E-state index in [4.69, 9.17) is 11.6 Å². The molecule has 1 atom stereocenters. The van der Waals surface area contributed by atoms with Gasteiger partial charge in [0.1, 0.15) is 6.04 Å². The highest BCUT2D eigenvalue weighted by Gasteiger charge is 2.41. The number of likely N-dealkylation sites (tertiary alicyclic amines) is 1. The first kappa shape index (κ1) is 20.3. The van der Waals surface area contributed by atoms with E-state index in [0.29, 0.717) is 55.8 Å². The molecule has 1 fully saturated rings. The highest BCUT2D eigenvalue weighted by atomic mass is 35.5. The summed E-state index contributed by atoms with van der Waals surface area (Å²) in [5.74, 6) is -0.689. The molecule has 150 valence electrons. The third-order valence-electron chi connectivity index (χ3n) is 5.31. The Labute approximate surface area is 169 Å². The van der Waals surface area contributed by atoms with E-state index in [9.17, 15) is 19.2 Å². The van der Waals surface area contributed by atoms with Crippen molar-refractivity contribution in [2.45, 2.75) is 44.7 Å². The molecule has 2 aliphatic heterocycles. The van der Waals surface area contributed by atoms with Crippen molar-refractivity contribution < 1.29 is 19.2 Å². The van der Waals surface area contributed by atoms with Crippen molar-refractivity contribution in [1.82, 2.24) is 15.1 Å². The first-order chi connectivity index (χ1) is 13.4. The molecule has 8 heteroatoms. The molecule has 2 heterocycles. The maximum Gasteiger partial charge on any atom is 0.262 e. The van der Waals surface area contributed by atoms with Crippen molar-refractivity contribution in [2.24, 2.45) is 0 Å². The number of carbonyl (C=O) groups is 4. The Morgan fingerprint density at radius 3 is 2.25 bits per heavy atom. The predicted octanol–water partition coefficient (Wildman–Crippen LogP) is 1.80. The molecule has 0 bridgehead atoms. The van der Waals surface area contributed by atoms with Crippen molar-refractivity contribution >= 4 is 35.2 Å². The van der Waals surface area contributed by atoms with Gasteiger partial charge in [0.05, 0.1) is 11.1 Å². The Balaban J connectivity index is 1.54. The maximum absolute atomic E-state index is 12.6. The minimum atomic E-state index is -0.893. The first-order valence-electron chi connectivity index (χ1n) is 9.55. The quantitative estimate of drug-likeness (QED) is 0.577. The lowest BCUT2D eigenvalue weighted by molar-refractivity contribution is -0.132. The van der Waals surface area contributed by atoms with E-state index in [0.717, 1.165) is 4.90 Å². The summed E-state index contributed by atoms with van der Waals surface area (Å²) in [6.07, 6.45) is 2.40. The summed E-state index contributed by atoms with van der Waals surface area (Å²) >= 11 is 5.63. The molecule has 0 saturated carbocycles. The Kier molecular flexibility index (Phi) is 6.34. The zero-order valence-corrected chi connectivity index (χ0v) is 16.6. The first-order valence-corrected chi connectivity index (χ1v) is 10.1. The number of nitrogens with one attached hydrogen (secondary N) is 1. The van der Waals surface area contributed by atoms with E-state index >= 15 is 0 Å². The van der Waals surface area contributed by atoms with E-state index < -0.39 is 17.9 Å². The number of fused-ring (bicyclic) bond motifs is 1. The van der Waals surface area contributed by atoms with Crippen LogP contribution < -0.4 is 5.32 Å². The van der Waals surface area contributed by atoms with Crippen molar-refractivity contribution in [3.63, 3.8) is 0 Å². The van der Waals surface area contributed by atoms with Crippen molar-refractivity contribution in [3.05, 3.63) is 35.4 Å². The van der Waals surface area contributed by atoms with Gasteiger partial charge in [0.15, 0.2) is 0 Å². The van der Waals surface area contributed by atoms with Crippen LogP contribution in [0.5, 0.6) is 0 Å². The topological polar surface area (TPSA) is 86.8 Å². The van der Waals surface area contributed by atoms with Crippen molar-refractivity contribution in [2.75, 3.05) is 19.0 Å². The number of hydrogen-bond acceptors (Lipinski definition) is 4. The van der Waals surface area contributed by atoms with Gasteiger partial charge in [-0.1, -0.05) is 12.1 Å². The molecule has 1 aromatic rings. The van der Waals surface area contributed by atoms with Gasteiger partial charge >= 0.3 is 0 Å². The van der Waals surface area contributed by atoms with Crippen LogP contribution >= 0.6 is 11.6 Å². The fraction of sp³-hybridized carbons (Fsp3) is 0.500. The highest BCUT2D eigenvalue weighted by molar-refractivity contribution is 6.22. The van der Waals surface area contributed by atoms with Gasteiger partial charge in [-0.2, -0.15) is 0 Å². The smallest absolute Gasteiger partial charge is 0.262 e. The molecule has 4 amide bonds. The van der Waals surface area contributed by atoms with Gasteiger partial charge < -0.3 is 10.2 Å². The number of piperidine rings is 1. The number of benzene rings is 1. The molecular formula is C20H24ClN3O4. The van der Waals surface area contributed by atoms with Crippen LogP contribution in [0.25, 0.3) is 0 Å². The molecule has 0 aromatic heterocycles. The van der Waals surface area contributed by atoms with Gasteiger partial charge in [-0.15, -0.1) is 11.6 Å². The Morgan fingerprint density at radius 2 is 1.71 bits per heavy atom. The number of amides is 4. The molecule has 1 aromatic carbocycles. The molecule has 0 aliphatic carbocycles. The number of hydrogen-bond donors (Lipinski definition) is 1. The van der Waals surface area contributed by atoms with E-state index in [1.165, 1.54) is 0 Å². The number of alkyl halides is 1. The number of carbonyl (C=O) groups excluding carboxylic acids is 4. The summed E-state index contributed by atoms with van der Waals surface area (Å²) in [5, 5.41) is 2.92. The van der Waals surface area contributed by atoms with Crippen LogP contribution in [0.15, 0.2) is 24.3 Å². The van der Waals surface area contributed by atoms with Crippen LogP contribution in [0.4, 0.5) is 0 Å². The van der Waals surface area contributed by atoms with Gasteiger partial charge in [-0.05, 0) is 38.3 Å². The van der Waals surface area contributed by atoms with E-state index in [-0.39, 0.29) is 17.9 Å². The Hall–Kier alpha value is -2.41. The molecule has 28 heavy (non-hydrogen) atoms. The lowest BCUT2D eigenvalue weighted by Gasteiger charge is -2.33. The minimum absolute atomic E-state index is 0.0813. The van der Waals surface area contributed by atoms with Gasteiger partial charge in [0, 0.05) is 31.4 Å².